The fourth-order valence-electron chi connectivity index (χ4n) is 2.98. The zero-order chi connectivity index (χ0) is 16.4. The third-order valence-corrected chi connectivity index (χ3v) is 4.77. The maximum atomic E-state index is 12.5. The van der Waals surface area contributed by atoms with E-state index in [9.17, 15) is 4.79 Å². The number of carbonyl (C=O) groups excluding carboxylic acids is 1. The lowest BCUT2D eigenvalue weighted by molar-refractivity contribution is 0.0567. The van der Waals surface area contributed by atoms with Crippen molar-refractivity contribution in [1.82, 2.24) is 19.4 Å². The van der Waals surface area contributed by atoms with Gasteiger partial charge in [0.15, 0.2) is 5.82 Å². The highest BCUT2D eigenvalue weighted by atomic mass is 35.5. The molecule has 3 rings (SSSR count). The van der Waals surface area contributed by atoms with Crippen LogP contribution < -0.4 is 0 Å². The highest BCUT2D eigenvalue weighted by molar-refractivity contribution is 6.30. The molecule has 122 valence electrons. The number of amides is 1. The van der Waals surface area contributed by atoms with E-state index in [-0.39, 0.29) is 5.91 Å². The van der Waals surface area contributed by atoms with E-state index >= 15 is 0 Å². The van der Waals surface area contributed by atoms with Crippen LogP contribution in [0.2, 0.25) is 5.02 Å². The number of piperazine rings is 1. The molecule has 23 heavy (non-hydrogen) atoms. The van der Waals surface area contributed by atoms with Crippen LogP contribution in [0.5, 0.6) is 0 Å². The smallest absolute Gasteiger partial charge is 0.289 e. The summed E-state index contributed by atoms with van der Waals surface area (Å²) < 4.78 is 1.77. The average molecular weight is 333 g/mol. The first-order valence-electron chi connectivity index (χ1n) is 7.82. The largest absolute Gasteiger partial charge is 0.333 e. The molecule has 0 bridgehead atoms. The van der Waals surface area contributed by atoms with Gasteiger partial charge >= 0.3 is 0 Å². The van der Waals surface area contributed by atoms with Gasteiger partial charge in [0.05, 0.1) is 0 Å². The van der Waals surface area contributed by atoms with Crippen molar-refractivity contribution in [2.24, 2.45) is 7.05 Å². The Balaban J connectivity index is 1.61. The van der Waals surface area contributed by atoms with Gasteiger partial charge in [-0.1, -0.05) is 23.7 Å². The molecule has 1 fully saturated rings. The second-order valence-electron chi connectivity index (χ2n) is 5.92. The van der Waals surface area contributed by atoms with Crippen LogP contribution in [0.1, 0.15) is 29.1 Å². The standard InChI is InChI=1S/C17H21ClN4O/c1-13(14-3-5-15(18)6-4-14)21-9-11-22(12-10-21)17(23)16-19-7-8-20(16)2/h3-8,13H,9-12H2,1-2H3/t13-/m0/s1. The molecule has 0 unspecified atom stereocenters. The molecule has 1 aromatic heterocycles. The maximum absolute atomic E-state index is 12.5. The molecular weight excluding hydrogens is 312 g/mol. The number of halogens is 1. The summed E-state index contributed by atoms with van der Waals surface area (Å²) in [7, 11) is 1.85. The van der Waals surface area contributed by atoms with Crippen molar-refractivity contribution in [1.29, 1.82) is 0 Å². The van der Waals surface area contributed by atoms with Gasteiger partial charge in [0.2, 0.25) is 0 Å². The summed E-state index contributed by atoms with van der Waals surface area (Å²) in [5.41, 5.74) is 1.25. The normalized spacial score (nSPS) is 17.3. The minimum absolute atomic E-state index is 0.0105. The fourth-order valence-corrected chi connectivity index (χ4v) is 3.10. The first-order valence-corrected chi connectivity index (χ1v) is 8.20. The molecule has 2 heterocycles. The summed E-state index contributed by atoms with van der Waals surface area (Å²) in [5.74, 6) is 0.514. The highest BCUT2D eigenvalue weighted by Crippen LogP contribution is 2.23. The number of hydrogen-bond donors (Lipinski definition) is 0. The van der Waals surface area contributed by atoms with Gasteiger partial charge < -0.3 is 9.47 Å². The maximum Gasteiger partial charge on any atom is 0.289 e. The molecule has 2 aromatic rings. The van der Waals surface area contributed by atoms with Crippen LogP contribution >= 0.6 is 11.6 Å². The molecule has 6 heteroatoms. The molecule has 0 N–H and O–H groups in total. The van der Waals surface area contributed by atoms with Crippen molar-refractivity contribution in [2.75, 3.05) is 26.2 Å². The van der Waals surface area contributed by atoms with E-state index in [1.54, 1.807) is 17.0 Å². The van der Waals surface area contributed by atoms with E-state index in [0.29, 0.717) is 11.9 Å². The van der Waals surface area contributed by atoms with Crippen molar-refractivity contribution >= 4 is 17.5 Å². The lowest BCUT2D eigenvalue weighted by atomic mass is 10.1. The fraction of sp³-hybridized carbons (Fsp3) is 0.412. The van der Waals surface area contributed by atoms with Crippen LogP contribution in [-0.4, -0.2) is 51.4 Å². The van der Waals surface area contributed by atoms with Crippen LogP contribution in [0.3, 0.4) is 0 Å². The minimum Gasteiger partial charge on any atom is -0.333 e. The number of carbonyl (C=O) groups is 1. The third kappa shape index (κ3) is 3.41. The van der Waals surface area contributed by atoms with E-state index in [1.807, 2.05) is 24.1 Å². The van der Waals surface area contributed by atoms with Crippen LogP contribution in [-0.2, 0) is 7.05 Å². The van der Waals surface area contributed by atoms with Gasteiger partial charge in [0.25, 0.3) is 5.91 Å². The van der Waals surface area contributed by atoms with Crippen LogP contribution in [0.15, 0.2) is 36.7 Å². The molecular formula is C17H21ClN4O. The van der Waals surface area contributed by atoms with E-state index in [1.165, 1.54) is 5.56 Å². The van der Waals surface area contributed by atoms with Crippen molar-refractivity contribution in [3.8, 4) is 0 Å². The molecule has 1 amide bonds. The van der Waals surface area contributed by atoms with Crippen molar-refractivity contribution in [3.05, 3.63) is 53.1 Å². The number of aryl methyl sites for hydroxylation is 1. The first kappa shape index (κ1) is 16.0. The quantitative estimate of drug-likeness (QED) is 0.867. The van der Waals surface area contributed by atoms with E-state index in [0.717, 1.165) is 31.2 Å². The van der Waals surface area contributed by atoms with Gasteiger partial charge in [0, 0.05) is 56.7 Å². The predicted octanol–water partition coefficient (Wildman–Crippen LogP) is 2.59. The average Bonchev–Trinajstić information content (AvgIpc) is 3.00. The minimum atomic E-state index is 0.0105. The van der Waals surface area contributed by atoms with Gasteiger partial charge in [0.1, 0.15) is 0 Å². The van der Waals surface area contributed by atoms with Gasteiger partial charge in [-0.3, -0.25) is 9.69 Å². The van der Waals surface area contributed by atoms with Crippen LogP contribution in [0.4, 0.5) is 0 Å². The summed E-state index contributed by atoms with van der Waals surface area (Å²) in [6, 6.07) is 8.30. The third-order valence-electron chi connectivity index (χ3n) is 4.51. The molecule has 0 radical (unpaired) electrons. The Morgan fingerprint density at radius 2 is 1.83 bits per heavy atom. The van der Waals surface area contributed by atoms with Crippen LogP contribution in [0.25, 0.3) is 0 Å². The summed E-state index contributed by atoms with van der Waals surface area (Å²) in [6.45, 7) is 5.37. The molecule has 1 aromatic carbocycles. The Morgan fingerprint density at radius 3 is 2.39 bits per heavy atom. The molecule has 0 spiro atoms. The number of rotatable bonds is 3. The number of aromatic nitrogens is 2. The van der Waals surface area contributed by atoms with E-state index in [4.69, 9.17) is 11.6 Å². The van der Waals surface area contributed by atoms with Gasteiger partial charge in [-0.05, 0) is 24.6 Å². The van der Waals surface area contributed by atoms with Crippen molar-refractivity contribution in [3.63, 3.8) is 0 Å². The molecule has 1 atom stereocenters. The summed E-state index contributed by atoms with van der Waals surface area (Å²) in [6.07, 6.45) is 3.46. The Kier molecular flexibility index (Phi) is 4.68. The Labute approximate surface area is 141 Å². The molecule has 1 aliphatic rings. The Hall–Kier alpha value is -1.85. The molecule has 0 saturated carbocycles. The number of hydrogen-bond acceptors (Lipinski definition) is 3. The SMILES string of the molecule is C[C@@H](c1ccc(Cl)cc1)N1CCN(C(=O)c2nccn2C)CC1. The van der Waals surface area contributed by atoms with Crippen molar-refractivity contribution in [2.45, 2.75) is 13.0 Å². The summed E-state index contributed by atoms with van der Waals surface area (Å²) in [4.78, 5) is 20.9. The molecule has 5 nitrogen and oxygen atoms in total. The Bertz CT molecular complexity index is 674. The predicted molar refractivity (Wildman–Crippen MR) is 90.6 cm³/mol. The lowest BCUT2D eigenvalue weighted by Gasteiger charge is -2.38. The second-order valence-corrected chi connectivity index (χ2v) is 6.35. The number of nitrogens with zero attached hydrogens (tertiary/aromatic N) is 4. The van der Waals surface area contributed by atoms with Crippen LogP contribution in [0, 0.1) is 0 Å². The van der Waals surface area contributed by atoms with Gasteiger partial charge in [-0.2, -0.15) is 0 Å². The first-order chi connectivity index (χ1) is 11.1. The molecule has 1 saturated heterocycles. The zero-order valence-corrected chi connectivity index (χ0v) is 14.2. The van der Waals surface area contributed by atoms with E-state index in [2.05, 4.69) is 28.9 Å². The molecule has 0 aliphatic carbocycles. The lowest BCUT2D eigenvalue weighted by Crippen LogP contribution is -2.49. The number of benzene rings is 1. The number of imidazole rings is 1. The summed E-state index contributed by atoms with van der Waals surface area (Å²) in [5, 5.41) is 0.756. The molecule has 1 aliphatic heterocycles. The topological polar surface area (TPSA) is 41.4 Å². The monoisotopic (exact) mass is 332 g/mol. The van der Waals surface area contributed by atoms with Crippen molar-refractivity contribution < 1.29 is 4.79 Å². The highest BCUT2D eigenvalue weighted by Gasteiger charge is 2.26. The van der Waals surface area contributed by atoms with Gasteiger partial charge in [-0.25, -0.2) is 4.98 Å². The zero-order valence-electron chi connectivity index (χ0n) is 13.4. The Morgan fingerprint density at radius 1 is 1.17 bits per heavy atom. The van der Waals surface area contributed by atoms with Gasteiger partial charge in [-0.15, -0.1) is 0 Å². The summed E-state index contributed by atoms with van der Waals surface area (Å²) >= 11 is 5.95. The second kappa shape index (κ2) is 6.72. The van der Waals surface area contributed by atoms with E-state index < -0.39 is 0 Å².